The summed E-state index contributed by atoms with van der Waals surface area (Å²) in [5.41, 5.74) is 2.91. The number of nitrogens with one attached hydrogen (secondary N) is 1. The number of carbonyl (C=O) groups excluding carboxylic acids is 2. The Bertz CT molecular complexity index is 803. The molecule has 5 heteroatoms. The van der Waals surface area contributed by atoms with E-state index in [-0.39, 0.29) is 24.3 Å². The van der Waals surface area contributed by atoms with Crippen molar-refractivity contribution in [2.24, 2.45) is 0 Å². The highest BCUT2D eigenvalue weighted by atomic mass is 16.5. The Morgan fingerprint density at radius 3 is 2.65 bits per heavy atom. The zero-order valence-electron chi connectivity index (χ0n) is 15.2. The second kappa shape index (κ2) is 8.04. The molecular formula is C21H24N2O3. The minimum Gasteiger partial charge on any atom is -0.492 e. The third-order valence-corrected chi connectivity index (χ3v) is 4.66. The molecule has 2 aromatic carbocycles. The third kappa shape index (κ3) is 3.87. The number of ether oxygens (including phenoxy) is 1. The summed E-state index contributed by atoms with van der Waals surface area (Å²) in [4.78, 5) is 26.6. The molecule has 0 saturated heterocycles. The van der Waals surface area contributed by atoms with Crippen LogP contribution < -0.4 is 10.1 Å². The van der Waals surface area contributed by atoms with Gasteiger partial charge in [-0.2, -0.15) is 0 Å². The maximum Gasteiger partial charge on any atom is 0.226 e. The molecule has 1 unspecified atom stereocenters. The van der Waals surface area contributed by atoms with Gasteiger partial charge in [0.15, 0.2) is 0 Å². The first-order chi connectivity index (χ1) is 12.6. The molecule has 5 nitrogen and oxygen atoms in total. The second-order valence-corrected chi connectivity index (χ2v) is 6.36. The topological polar surface area (TPSA) is 58.6 Å². The minimum absolute atomic E-state index is 0.00739. The van der Waals surface area contributed by atoms with Gasteiger partial charge in [-0.25, -0.2) is 0 Å². The summed E-state index contributed by atoms with van der Waals surface area (Å²) in [7, 11) is 0. The van der Waals surface area contributed by atoms with Crippen LogP contribution in [0, 0.1) is 0 Å². The van der Waals surface area contributed by atoms with E-state index in [1.165, 1.54) is 5.56 Å². The first kappa shape index (κ1) is 18.0. The van der Waals surface area contributed by atoms with Crippen LogP contribution in [0.3, 0.4) is 0 Å². The van der Waals surface area contributed by atoms with Crippen LogP contribution in [0.1, 0.15) is 37.4 Å². The van der Waals surface area contributed by atoms with Gasteiger partial charge in [-0.05, 0) is 36.6 Å². The Morgan fingerprint density at radius 1 is 1.15 bits per heavy atom. The molecule has 1 atom stereocenters. The molecule has 0 aromatic heterocycles. The number of hydrogen-bond acceptors (Lipinski definition) is 3. The Hall–Kier alpha value is -2.82. The van der Waals surface area contributed by atoms with E-state index in [9.17, 15) is 9.59 Å². The van der Waals surface area contributed by atoms with E-state index in [4.69, 9.17) is 4.74 Å². The maximum atomic E-state index is 12.7. The van der Waals surface area contributed by atoms with E-state index in [0.29, 0.717) is 24.6 Å². The van der Waals surface area contributed by atoms with E-state index >= 15 is 0 Å². The number of hydrogen-bond donors (Lipinski definition) is 1. The van der Waals surface area contributed by atoms with Crippen molar-refractivity contribution in [1.29, 1.82) is 0 Å². The molecule has 0 aliphatic carbocycles. The van der Waals surface area contributed by atoms with Gasteiger partial charge in [-0.15, -0.1) is 0 Å². The molecule has 0 spiro atoms. The summed E-state index contributed by atoms with van der Waals surface area (Å²) in [6, 6.07) is 15.2. The highest BCUT2D eigenvalue weighted by Crippen LogP contribution is 2.33. The zero-order valence-corrected chi connectivity index (χ0v) is 15.2. The predicted octanol–water partition coefficient (Wildman–Crippen LogP) is 3.56. The maximum absolute atomic E-state index is 12.7. The lowest BCUT2D eigenvalue weighted by Gasteiger charge is -2.36. The SMILES string of the molecule is CCOc1ccccc1NC(=O)CC1c2ccccc2CCN1C(C)=O. The Morgan fingerprint density at radius 2 is 1.88 bits per heavy atom. The van der Waals surface area contributed by atoms with Crippen LogP contribution >= 0.6 is 0 Å². The Kier molecular flexibility index (Phi) is 5.56. The molecule has 1 N–H and O–H groups in total. The lowest BCUT2D eigenvalue weighted by molar-refractivity contribution is -0.132. The van der Waals surface area contributed by atoms with Crippen LogP contribution in [0.5, 0.6) is 5.75 Å². The first-order valence-electron chi connectivity index (χ1n) is 8.96. The largest absolute Gasteiger partial charge is 0.492 e. The molecule has 2 aromatic rings. The molecule has 3 rings (SSSR count). The van der Waals surface area contributed by atoms with Crippen LogP contribution in [-0.4, -0.2) is 29.9 Å². The lowest BCUT2D eigenvalue weighted by atomic mass is 9.90. The number of rotatable bonds is 5. The van der Waals surface area contributed by atoms with Gasteiger partial charge in [-0.1, -0.05) is 36.4 Å². The lowest BCUT2D eigenvalue weighted by Crippen LogP contribution is -2.40. The highest BCUT2D eigenvalue weighted by Gasteiger charge is 2.30. The third-order valence-electron chi connectivity index (χ3n) is 4.66. The normalized spacial score (nSPS) is 15.9. The monoisotopic (exact) mass is 352 g/mol. The Labute approximate surface area is 154 Å². The molecule has 0 bridgehead atoms. The molecule has 1 heterocycles. The zero-order chi connectivity index (χ0) is 18.5. The number of benzene rings is 2. The summed E-state index contributed by atoms with van der Waals surface area (Å²) < 4.78 is 5.56. The van der Waals surface area contributed by atoms with Crippen LogP contribution in [0.2, 0.25) is 0 Å². The van der Waals surface area contributed by atoms with Crippen molar-refractivity contribution >= 4 is 17.5 Å². The van der Waals surface area contributed by atoms with Gasteiger partial charge in [0.1, 0.15) is 5.75 Å². The van der Waals surface area contributed by atoms with Crippen molar-refractivity contribution in [2.75, 3.05) is 18.5 Å². The van der Waals surface area contributed by atoms with Gasteiger partial charge in [0, 0.05) is 13.5 Å². The van der Waals surface area contributed by atoms with Gasteiger partial charge < -0.3 is 15.0 Å². The molecule has 0 radical (unpaired) electrons. The van der Waals surface area contributed by atoms with E-state index in [1.807, 2.05) is 49.4 Å². The number of nitrogens with zero attached hydrogens (tertiary/aromatic N) is 1. The molecule has 136 valence electrons. The fourth-order valence-corrected chi connectivity index (χ4v) is 3.48. The standard InChI is InChI=1S/C21H24N2O3/c1-3-26-20-11-7-6-10-18(20)22-21(25)14-19-17-9-5-4-8-16(17)12-13-23(19)15(2)24/h4-11,19H,3,12-14H2,1-2H3,(H,22,25). The number of amides is 2. The van der Waals surface area contributed by atoms with Gasteiger partial charge >= 0.3 is 0 Å². The number of para-hydroxylation sites is 2. The number of fused-ring (bicyclic) bond motifs is 1. The van der Waals surface area contributed by atoms with Crippen molar-refractivity contribution in [3.63, 3.8) is 0 Å². The fraction of sp³-hybridized carbons (Fsp3) is 0.333. The first-order valence-corrected chi connectivity index (χ1v) is 8.96. The smallest absolute Gasteiger partial charge is 0.226 e. The number of carbonyl (C=O) groups is 2. The van der Waals surface area contributed by atoms with Crippen LogP contribution in [-0.2, 0) is 16.0 Å². The Balaban J connectivity index is 1.80. The minimum atomic E-state index is -0.239. The van der Waals surface area contributed by atoms with E-state index in [2.05, 4.69) is 11.4 Å². The molecule has 26 heavy (non-hydrogen) atoms. The quantitative estimate of drug-likeness (QED) is 0.895. The summed E-state index contributed by atoms with van der Waals surface area (Å²) >= 11 is 0. The van der Waals surface area contributed by atoms with Gasteiger partial charge in [0.2, 0.25) is 11.8 Å². The van der Waals surface area contributed by atoms with Crippen molar-refractivity contribution in [1.82, 2.24) is 4.90 Å². The van der Waals surface area contributed by atoms with Crippen molar-refractivity contribution in [3.05, 3.63) is 59.7 Å². The summed E-state index contributed by atoms with van der Waals surface area (Å²) in [6.45, 7) is 4.63. The van der Waals surface area contributed by atoms with E-state index < -0.39 is 0 Å². The van der Waals surface area contributed by atoms with Crippen LogP contribution in [0.25, 0.3) is 0 Å². The van der Waals surface area contributed by atoms with Crippen molar-refractivity contribution < 1.29 is 14.3 Å². The average molecular weight is 352 g/mol. The van der Waals surface area contributed by atoms with Gasteiger partial charge in [0.05, 0.1) is 24.8 Å². The molecule has 2 amide bonds. The van der Waals surface area contributed by atoms with Gasteiger partial charge in [-0.3, -0.25) is 9.59 Å². The van der Waals surface area contributed by atoms with Crippen LogP contribution in [0.15, 0.2) is 48.5 Å². The van der Waals surface area contributed by atoms with E-state index in [0.717, 1.165) is 12.0 Å². The average Bonchev–Trinajstić information content (AvgIpc) is 2.63. The highest BCUT2D eigenvalue weighted by molar-refractivity contribution is 5.93. The molecular weight excluding hydrogens is 328 g/mol. The summed E-state index contributed by atoms with van der Waals surface area (Å²) in [5, 5.41) is 2.93. The van der Waals surface area contributed by atoms with Crippen molar-refractivity contribution in [2.45, 2.75) is 32.7 Å². The van der Waals surface area contributed by atoms with E-state index in [1.54, 1.807) is 11.8 Å². The van der Waals surface area contributed by atoms with Gasteiger partial charge in [0.25, 0.3) is 0 Å². The molecule has 1 aliphatic rings. The molecule has 1 aliphatic heterocycles. The molecule has 0 fully saturated rings. The van der Waals surface area contributed by atoms with Crippen LogP contribution in [0.4, 0.5) is 5.69 Å². The predicted molar refractivity (Wildman–Crippen MR) is 101 cm³/mol. The fourth-order valence-electron chi connectivity index (χ4n) is 3.48. The second-order valence-electron chi connectivity index (χ2n) is 6.36. The number of anilines is 1. The molecule has 0 saturated carbocycles. The summed E-state index contributed by atoms with van der Waals surface area (Å²) in [6.07, 6.45) is 1.04. The van der Waals surface area contributed by atoms with Crippen molar-refractivity contribution in [3.8, 4) is 5.75 Å². The summed E-state index contributed by atoms with van der Waals surface area (Å²) in [5.74, 6) is 0.507.